The van der Waals surface area contributed by atoms with Crippen molar-refractivity contribution in [2.45, 2.75) is 58.8 Å². The van der Waals surface area contributed by atoms with Gasteiger partial charge in [-0.25, -0.2) is 0 Å². The molecule has 0 saturated carbocycles. The van der Waals surface area contributed by atoms with Crippen LogP contribution in [0.15, 0.2) is 18.2 Å². The fourth-order valence-corrected chi connectivity index (χ4v) is 2.03. The molecular formula is C14H23BN2O2. The fourth-order valence-electron chi connectivity index (χ4n) is 2.03. The number of hydrogen-bond donors (Lipinski definition) is 0. The van der Waals surface area contributed by atoms with E-state index in [2.05, 4.69) is 39.7 Å². The van der Waals surface area contributed by atoms with E-state index in [1.54, 1.807) is 0 Å². The maximum Gasteiger partial charge on any atom is 0.487 e. The molecule has 1 aromatic rings. The van der Waals surface area contributed by atoms with Gasteiger partial charge in [-0.15, -0.1) is 0 Å². The molecule has 1 saturated heterocycles. The molecule has 1 fully saturated rings. The third kappa shape index (κ3) is 2.93. The topological polar surface area (TPSA) is 36.3 Å². The lowest BCUT2D eigenvalue weighted by atomic mass is 9.90. The van der Waals surface area contributed by atoms with Crippen molar-refractivity contribution in [3.63, 3.8) is 0 Å². The van der Waals surface area contributed by atoms with Crippen molar-refractivity contribution in [3.8, 4) is 0 Å². The summed E-state index contributed by atoms with van der Waals surface area (Å²) < 4.78 is 13.8. The molecule has 0 amide bonds. The van der Waals surface area contributed by atoms with Crippen molar-refractivity contribution >= 4 is 13.2 Å². The van der Waals surface area contributed by atoms with Gasteiger partial charge in [0.25, 0.3) is 0 Å². The van der Waals surface area contributed by atoms with E-state index in [-0.39, 0.29) is 18.3 Å². The Morgan fingerprint density at radius 2 is 1.89 bits per heavy atom. The van der Waals surface area contributed by atoms with Crippen LogP contribution in [0.3, 0.4) is 0 Å². The zero-order valence-electron chi connectivity index (χ0n) is 12.5. The summed E-state index contributed by atoms with van der Waals surface area (Å²) in [5, 5.41) is 4.29. The molecule has 4 nitrogen and oxygen atoms in total. The number of rotatable bonds is 4. The predicted octanol–water partition coefficient (Wildman–Crippen LogP) is 2.94. The molecule has 2 rings (SSSR count). The zero-order chi connectivity index (χ0) is 14.1. The first-order valence-corrected chi connectivity index (χ1v) is 6.91. The summed E-state index contributed by atoms with van der Waals surface area (Å²) in [6, 6.07) is 2.00. The van der Waals surface area contributed by atoms with E-state index in [4.69, 9.17) is 9.31 Å². The highest BCUT2D eigenvalue weighted by molar-refractivity contribution is 6.52. The van der Waals surface area contributed by atoms with Crippen LogP contribution in [0.2, 0.25) is 0 Å². The Balaban J connectivity index is 2.06. The molecule has 0 unspecified atom stereocenters. The van der Waals surface area contributed by atoms with Gasteiger partial charge in [0, 0.05) is 12.7 Å². The van der Waals surface area contributed by atoms with Gasteiger partial charge in [-0.2, -0.15) is 5.10 Å². The summed E-state index contributed by atoms with van der Waals surface area (Å²) in [4.78, 5) is 0. The predicted molar refractivity (Wildman–Crippen MR) is 77.6 cm³/mol. The third-order valence-electron chi connectivity index (χ3n) is 3.88. The molecule has 0 radical (unpaired) electrons. The highest BCUT2D eigenvalue weighted by Gasteiger charge is 2.49. The molecule has 19 heavy (non-hydrogen) atoms. The van der Waals surface area contributed by atoms with Crippen LogP contribution in [0, 0.1) is 0 Å². The minimum absolute atomic E-state index is 0.286. The van der Waals surface area contributed by atoms with E-state index in [0.717, 1.165) is 18.7 Å². The van der Waals surface area contributed by atoms with Crippen molar-refractivity contribution in [3.05, 3.63) is 23.9 Å². The van der Waals surface area contributed by atoms with Gasteiger partial charge in [0.05, 0.1) is 16.9 Å². The Bertz CT molecular complexity index is 450. The van der Waals surface area contributed by atoms with Crippen LogP contribution in [-0.4, -0.2) is 28.1 Å². The maximum atomic E-state index is 5.92. The van der Waals surface area contributed by atoms with Gasteiger partial charge in [-0.1, -0.05) is 12.9 Å². The number of aromatic nitrogens is 2. The monoisotopic (exact) mass is 262 g/mol. The first kappa shape index (κ1) is 14.3. The molecule has 1 aliphatic rings. The van der Waals surface area contributed by atoms with Crippen LogP contribution in [-0.2, 0) is 15.9 Å². The van der Waals surface area contributed by atoms with Gasteiger partial charge in [-0.3, -0.25) is 4.68 Å². The van der Waals surface area contributed by atoms with E-state index < -0.39 is 0 Å². The van der Waals surface area contributed by atoms with Gasteiger partial charge >= 0.3 is 7.12 Å². The van der Waals surface area contributed by atoms with Crippen molar-refractivity contribution in [1.82, 2.24) is 9.78 Å². The van der Waals surface area contributed by atoms with Crippen LogP contribution in [0.5, 0.6) is 0 Å². The van der Waals surface area contributed by atoms with Gasteiger partial charge < -0.3 is 9.31 Å². The van der Waals surface area contributed by atoms with Crippen LogP contribution in [0.25, 0.3) is 6.08 Å². The van der Waals surface area contributed by atoms with E-state index in [1.807, 2.05) is 29.0 Å². The molecule has 104 valence electrons. The summed E-state index contributed by atoms with van der Waals surface area (Å²) in [7, 11) is -0.296. The third-order valence-corrected chi connectivity index (χ3v) is 3.88. The lowest BCUT2D eigenvalue weighted by Crippen LogP contribution is -2.41. The molecule has 0 N–H and O–H groups in total. The molecule has 0 aliphatic carbocycles. The van der Waals surface area contributed by atoms with Crippen molar-refractivity contribution < 1.29 is 9.31 Å². The molecule has 0 spiro atoms. The molecule has 2 heterocycles. The summed E-state index contributed by atoms with van der Waals surface area (Å²) in [5.41, 5.74) is 0.508. The Kier molecular flexibility index (Phi) is 3.88. The summed E-state index contributed by atoms with van der Waals surface area (Å²) in [6.45, 7) is 11.3. The Hall–Kier alpha value is -1.07. The molecule has 1 aromatic heterocycles. The molecule has 0 aromatic carbocycles. The molecule has 0 bridgehead atoms. The van der Waals surface area contributed by atoms with E-state index >= 15 is 0 Å². The standard InChI is InChI=1S/C14H23BN2O2/c1-6-11-17-12(8-10-16-17)7-9-15-18-13(2,3)14(4,5)19-15/h7-10H,6,11H2,1-5H3/b9-7+. The van der Waals surface area contributed by atoms with E-state index in [1.165, 1.54) is 0 Å². The van der Waals surface area contributed by atoms with Crippen LogP contribution in [0.1, 0.15) is 46.7 Å². The van der Waals surface area contributed by atoms with E-state index in [9.17, 15) is 0 Å². The highest BCUT2D eigenvalue weighted by Crippen LogP contribution is 2.36. The van der Waals surface area contributed by atoms with Gasteiger partial charge in [0.15, 0.2) is 0 Å². The number of nitrogens with zero attached hydrogens (tertiary/aromatic N) is 2. The minimum Gasteiger partial charge on any atom is -0.400 e. The van der Waals surface area contributed by atoms with E-state index in [0.29, 0.717) is 0 Å². The summed E-state index contributed by atoms with van der Waals surface area (Å²) in [6.07, 6.45) is 4.91. The lowest BCUT2D eigenvalue weighted by Gasteiger charge is -2.32. The number of aryl methyl sites for hydroxylation is 1. The van der Waals surface area contributed by atoms with Gasteiger partial charge in [0.2, 0.25) is 0 Å². The Labute approximate surface area is 115 Å². The summed E-state index contributed by atoms with van der Waals surface area (Å²) >= 11 is 0. The fraction of sp³-hybridized carbons (Fsp3) is 0.643. The molecule has 0 atom stereocenters. The molecule has 1 aliphatic heterocycles. The normalized spacial score (nSPS) is 21.4. The minimum atomic E-state index is -0.296. The zero-order valence-corrected chi connectivity index (χ0v) is 12.5. The lowest BCUT2D eigenvalue weighted by molar-refractivity contribution is 0.00578. The largest absolute Gasteiger partial charge is 0.487 e. The maximum absolute atomic E-state index is 5.92. The van der Waals surface area contributed by atoms with Crippen LogP contribution < -0.4 is 0 Å². The molecular weight excluding hydrogens is 239 g/mol. The van der Waals surface area contributed by atoms with Gasteiger partial charge in [-0.05, 0) is 46.3 Å². The quantitative estimate of drug-likeness (QED) is 0.783. The second kappa shape index (κ2) is 5.14. The second-order valence-corrected chi connectivity index (χ2v) is 5.96. The number of hydrogen-bond acceptors (Lipinski definition) is 3. The van der Waals surface area contributed by atoms with Crippen LogP contribution in [0.4, 0.5) is 0 Å². The van der Waals surface area contributed by atoms with Crippen molar-refractivity contribution in [2.75, 3.05) is 0 Å². The average Bonchev–Trinajstić information content (AvgIpc) is 2.80. The SMILES string of the molecule is CCCn1nccc1/C=C/B1OC(C)(C)C(C)(C)O1. The molecule has 5 heteroatoms. The Morgan fingerprint density at radius 1 is 1.26 bits per heavy atom. The van der Waals surface area contributed by atoms with Crippen molar-refractivity contribution in [2.24, 2.45) is 0 Å². The smallest absolute Gasteiger partial charge is 0.400 e. The highest BCUT2D eigenvalue weighted by atomic mass is 16.7. The average molecular weight is 262 g/mol. The first-order chi connectivity index (χ1) is 8.86. The van der Waals surface area contributed by atoms with Gasteiger partial charge in [0.1, 0.15) is 0 Å². The first-order valence-electron chi connectivity index (χ1n) is 6.91. The van der Waals surface area contributed by atoms with Crippen LogP contribution >= 0.6 is 0 Å². The second-order valence-electron chi connectivity index (χ2n) is 5.96. The van der Waals surface area contributed by atoms with Crippen molar-refractivity contribution in [1.29, 1.82) is 0 Å². The summed E-state index contributed by atoms with van der Waals surface area (Å²) in [5.74, 6) is 1.96. The Morgan fingerprint density at radius 3 is 2.47 bits per heavy atom.